The molecule has 0 amide bonds. The van der Waals surface area contributed by atoms with E-state index in [1.807, 2.05) is 5.51 Å². The van der Waals surface area contributed by atoms with Crippen molar-refractivity contribution in [2.45, 2.75) is 26.3 Å². The number of halogens is 1. The van der Waals surface area contributed by atoms with Crippen molar-refractivity contribution < 1.29 is 0 Å². The molecule has 0 saturated carbocycles. The minimum atomic E-state index is 0.371. The number of benzene rings is 1. The Morgan fingerprint density at radius 3 is 2.94 bits per heavy atom. The van der Waals surface area contributed by atoms with Gasteiger partial charge in [-0.05, 0) is 38.0 Å². The van der Waals surface area contributed by atoms with Crippen LogP contribution >= 0.6 is 27.3 Å². The summed E-state index contributed by atoms with van der Waals surface area (Å²) >= 11 is 5.25. The number of nitrogens with one attached hydrogen (secondary N) is 1. The zero-order valence-corrected chi connectivity index (χ0v) is 13.0. The van der Waals surface area contributed by atoms with E-state index in [2.05, 4.69) is 64.3 Å². The monoisotopic (exact) mass is 324 g/mol. The first-order chi connectivity index (χ1) is 8.66. The largest absolute Gasteiger partial charge is 0.310 e. The van der Waals surface area contributed by atoms with Crippen LogP contribution in [0.25, 0.3) is 0 Å². The quantitative estimate of drug-likeness (QED) is 0.895. The van der Waals surface area contributed by atoms with Crippen LogP contribution in [0, 0.1) is 6.92 Å². The molecule has 0 bridgehead atoms. The molecule has 0 aliphatic carbocycles. The van der Waals surface area contributed by atoms with E-state index >= 15 is 0 Å². The predicted molar refractivity (Wildman–Crippen MR) is 81.1 cm³/mol. The van der Waals surface area contributed by atoms with Crippen molar-refractivity contribution in [1.29, 1.82) is 0 Å². The van der Waals surface area contributed by atoms with E-state index < -0.39 is 0 Å². The molecule has 0 saturated heterocycles. The highest BCUT2D eigenvalue weighted by atomic mass is 79.9. The Morgan fingerprint density at radius 2 is 2.28 bits per heavy atom. The van der Waals surface area contributed by atoms with Gasteiger partial charge in [0.1, 0.15) is 0 Å². The lowest BCUT2D eigenvalue weighted by molar-refractivity contribution is 0.577. The van der Waals surface area contributed by atoms with Crippen molar-refractivity contribution in [1.82, 2.24) is 10.3 Å². The van der Waals surface area contributed by atoms with Crippen LogP contribution in [0.4, 0.5) is 0 Å². The molecule has 0 fully saturated rings. The van der Waals surface area contributed by atoms with E-state index in [-0.39, 0.29) is 0 Å². The summed E-state index contributed by atoms with van der Waals surface area (Å²) in [7, 11) is 0. The van der Waals surface area contributed by atoms with Gasteiger partial charge >= 0.3 is 0 Å². The van der Waals surface area contributed by atoms with Gasteiger partial charge in [-0.15, -0.1) is 11.3 Å². The molecule has 1 heterocycles. The van der Waals surface area contributed by atoms with E-state index in [1.54, 1.807) is 11.3 Å². The first-order valence-corrected chi connectivity index (χ1v) is 7.72. The topological polar surface area (TPSA) is 24.9 Å². The van der Waals surface area contributed by atoms with Crippen molar-refractivity contribution in [3.05, 3.63) is 50.4 Å². The number of aromatic nitrogens is 1. The van der Waals surface area contributed by atoms with Crippen LogP contribution in [-0.4, -0.2) is 11.5 Å². The van der Waals surface area contributed by atoms with Gasteiger partial charge in [0.25, 0.3) is 0 Å². The molecular weight excluding hydrogens is 308 g/mol. The molecule has 0 spiro atoms. The van der Waals surface area contributed by atoms with Gasteiger partial charge in [-0.2, -0.15) is 0 Å². The van der Waals surface area contributed by atoms with Crippen LogP contribution in [0.2, 0.25) is 0 Å². The Kier molecular flexibility index (Phi) is 4.92. The number of thiazole rings is 1. The smallest absolute Gasteiger partial charge is 0.0797 e. The van der Waals surface area contributed by atoms with Crippen molar-refractivity contribution >= 4 is 27.3 Å². The summed E-state index contributed by atoms with van der Waals surface area (Å²) in [4.78, 5) is 5.65. The maximum atomic E-state index is 4.27. The molecule has 2 nitrogen and oxygen atoms in total. The summed E-state index contributed by atoms with van der Waals surface area (Å²) in [5.74, 6) is 0. The van der Waals surface area contributed by atoms with Crippen LogP contribution in [0.3, 0.4) is 0 Å². The molecule has 2 aromatic rings. The van der Waals surface area contributed by atoms with Crippen LogP contribution in [-0.2, 0) is 6.42 Å². The first kappa shape index (κ1) is 13.7. The molecule has 2 rings (SSSR count). The lowest BCUT2D eigenvalue weighted by Gasteiger charge is -2.14. The highest BCUT2D eigenvalue weighted by Crippen LogP contribution is 2.18. The van der Waals surface area contributed by atoms with Crippen molar-refractivity contribution in [3.8, 4) is 0 Å². The van der Waals surface area contributed by atoms with E-state index in [0.717, 1.165) is 23.1 Å². The second-order valence-electron chi connectivity index (χ2n) is 4.34. The number of hydrogen-bond acceptors (Lipinski definition) is 3. The van der Waals surface area contributed by atoms with E-state index in [4.69, 9.17) is 0 Å². The lowest BCUT2D eigenvalue weighted by atomic mass is 10.1. The van der Waals surface area contributed by atoms with Crippen molar-refractivity contribution in [3.63, 3.8) is 0 Å². The summed E-state index contributed by atoms with van der Waals surface area (Å²) in [6.07, 6.45) is 1.05. The third-order valence-electron chi connectivity index (χ3n) is 3.00. The summed E-state index contributed by atoms with van der Waals surface area (Å²) in [5, 5.41) is 3.55. The number of hydrogen-bond donors (Lipinski definition) is 1. The average Bonchev–Trinajstić information content (AvgIpc) is 2.75. The minimum absolute atomic E-state index is 0.371. The molecule has 18 heavy (non-hydrogen) atoms. The highest BCUT2D eigenvalue weighted by molar-refractivity contribution is 9.10. The third-order valence-corrected chi connectivity index (χ3v) is 4.48. The number of nitrogens with zero attached hydrogens (tertiary/aromatic N) is 1. The van der Waals surface area contributed by atoms with E-state index in [1.165, 1.54) is 10.4 Å². The van der Waals surface area contributed by atoms with Gasteiger partial charge in [-0.1, -0.05) is 28.1 Å². The van der Waals surface area contributed by atoms with Crippen LogP contribution < -0.4 is 5.32 Å². The highest BCUT2D eigenvalue weighted by Gasteiger charge is 2.06. The Bertz CT molecular complexity index is 510. The summed E-state index contributed by atoms with van der Waals surface area (Å²) in [6.45, 7) is 5.25. The SMILES string of the molecule is Cc1ncsc1CCN[C@H](C)c1cccc(Br)c1. The minimum Gasteiger partial charge on any atom is -0.310 e. The van der Waals surface area contributed by atoms with Crippen molar-refractivity contribution in [2.75, 3.05) is 6.54 Å². The Balaban J connectivity index is 1.85. The predicted octanol–water partition coefficient (Wildman–Crippen LogP) is 4.11. The molecule has 1 atom stereocenters. The fraction of sp³-hybridized carbons (Fsp3) is 0.357. The molecule has 1 aromatic carbocycles. The van der Waals surface area contributed by atoms with Crippen LogP contribution in [0.15, 0.2) is 34.2 Å². The van der Waals surface area contributed by atoms with E-state index in [0.29, 0.717) is 6.04 Å². The summed E-state index contributed by atoms with van der Waals surface area (Å²) in [6, 6.07) is 8.81. The van der Waals surface area contributed by atoms with Crippen molar-refractivity contribution in [2.24, 2.45) is 0 Å². The van der Waals surface area contributed by atoms with Gasteiger partial charge in [-0.25, -0.2) is 4.98 Å². The Hall–Kier alpha value is -0.710. The van der Waals surface area contributed by atoms with Gasteiger partial charge in [0, 0.05) is 21.9 Å². The molecule has 1 aromatic heterocycles. The normalized spacial score (nSPS) is 12.6. The fourth-order valence-electron chi connectivity index (χ4n) is 1.86. The molecular formula is C14H17BrN2S. The average molecular weight is 325 g/mol. The second kappa shape index (κ2) is 6.45. The Morgan fingerprint density at radius 1 is 1.44 bits per heavy atom. The van der Waals surface area contributed by atoms with Gasteiger partial charge in [0.05, 0.1) is 11.2 Å². The van der Waals surface area contributed by atoms with Gasteiger partial charge < -0.3 is 5.32 Å². The van der Waals surface area contributed by atoms with Crippen LogP contribution in [0.1, 0.15) is 29.1 Å². The van der Waals surface area contributed by atoms with Crippen LogP contribution in [0.5, 0.6) is 0 Å². The zero-order valence-electron chi connectivity index (χ0n) is 10.6. The standard InChI is InChI=1S/C14H17BrN2S/c1-10(12-4-3-5-13(15)8-12)16-7-6-14-11(2)17-9-18-14/h3-5,8-10,16H,6-7H2,1-2H3/t10-/m1/s1. The fourth-order valence-corrected chi connectivity index (χ4v) is 3.06. The van der Waals surface area contributed by atoms with E-state index in [9.17, 15) is 0 Å². The molecule has 4 heteroatoms. The van der Waals surface area contributed by atoms with Gasteiger partial charge in [-0.3, -0.25) is 0 Å². The maximum Gasteiger partial charge on any atom is 0.0797 e. The molecule has 0 aliphatic rings. The second-order valence-corrected chi connectivity index (χ2v) is 6.20. The first-order valence-electron chi connectivity index (χ1n) is 6.04. The molecule has 0 unspecified atom stereocenters. The molecule has 0 aliphatic heterocycles. The summed E-state index contributed by atoms with van der Waals surface area (Å²) in [5.41, 5.74) is 4.39. The van der Waals surface area contributed by atoms with Gasteiger partial charge in [0.2, 0.25) is 0 Å². The number of aryl methyl sites for hydroxylation is 1. The van der Waals surface area contributed by atoms with Gasteiger partial charge in [0.15, 0.2) is 0 Å². The molecule has 0 radical (unpaired) electrons. The maximum absolute atomic E-state index is 4.27. The lowest BCUT2D eigenvalue weighted by Crippen LogP contribution is -2.21. The third kappa shape index (κ3) is 3.64. The zero-order chi connectivity index (χ0) is 13.0. The summed E-state index contributed by atoms with van der Waals surface area (Å²) < 4.78 is 1.13. The molecule has 1 N–H and O–H groups in total. The molecule has 96 valence electrons. The Labute approximate surface area is 121 Å². The number of rotatable bonds is 5.